The van der Waals surface area contributed by atoms with E-state index in [1.165, 1.54) is 46.9 Å². The normalized spacial score (nSPS) is 11.6. The van der Waals surface area contributed by atoms with E-state index in [0.717, 1.165) is 0 Å². The van der Waals surface area contributed by atoms with Crippen LogP contribution >= 0.6 is 0 Å². The summed E-state index contributed by atoms with van der Waals surface area (Å²) in [7, 11) is -3.69. The summed E-state index contributed by atoms with van der Waals surface area (Å²) in [5.41, 5.74) is 0.740. The van der Waals surface area contributed by atoms with Gasteiger partial charge >= 0.3 is 5.97 Å². The van der Waals surface area contributed by atoms with Crippen molar-refractivity contribution in [1.82, 2.24) is 9.29 Å². The monoisotopic (exact) mass is 432 g/mol. The molecule has 1 aromatic heterocycles. The first-order chi connectivity index (χ1) is 14.3. The molecule has 0 radical (unpaired) electrons. The number of halogens is 1. The molecule has 7 nitrogen and oxygen atoms in total. The summed E-state index contributed by atoms with van der Waals surface area (Å²) in [4.78, 5) is 16.4. The zero-order chi connectivity index (χ0) is 21.7. The van der Waals surface area contributed by atoms with Gasteiger partial charge in [-0.05, 0) is 42.5 Å². The SMILES string of the molecule is CCN(CC)S(=O)(=O)c1cccc(C(=O)OCc2ncc(-c3ccc(F)cc3)o2)c1. The van der Waals surface area contributed by atoms with Crippen LogP contribution in [0.15, 0.2) is 64.0 Å². The van der Waals surface area contributed by atoms with Crippen molar-refractivity contribution in [3.8, 4) is 11.3 Å². The van der Waals surface area contributed by atoms with Crippen LogP contribution in [0.4, 0.5) is 4.39 Å². The van der Waals surface area contributed by atoms with Crippen LogP contribution in [-0.4, -0.2) is 36.8 Å². The van der Waals surface area contributed by atoms with Crippen molar-refractivity contribution in [2.75, 3.05) is 13.1 Å². The van der Waals surface area contributed by atoms with E-state index in [1.807, 2.05) is 0 Å². The van der Waals surface area contributed by atoms with Crippen molar-refractivity contribution < 1.29 is 26.8 Å². The Morgan fingerprint density at radius 1 is 1.13 bits per heavy atom. The topological polar surface area (TPSA) is 89.7 Å². The largest absolute Gasteiger partial charge is 0.452 e. The molecule has 0 spiro atoms. The van der Waals surface area contributed by atoms with E-state index >= 15 is 0 Å². The molecule has 0 unspecified atom stereocenters. The number of esters is 1. The van der Waals surface area contributed by atoms with Crippen LogP contribution in [0.3, 0.4) is 0 Å². The van der Waals surface area contributed by atoms with Crippen LogP contribution in [0.1, 0.15) is 30.1 Å². The Hall–Kier alpha value is -3.04. The van der Waals surface area contributed by atoms with Gasteiger partial charge in [0.1, 0.15) is 5.82 Å². The van der Waals surface area contributed by atoms with Crippen molar-refractivity contribution in [3.63, 3.8) is 0 Å². The smallest absolute Gasteiger partial charge is 0.338 e. The number of benzene rings is 2. The van der Waals surface area contributed by atoms with Crippen LogP contribution in [0.5, 0.6) is 0 Å². The number of nitrogens with zero attached hydrogens (tertiary/aromatic N) is 2. The molecule has 3 aromatic rings. The lowest BCUT2D eigenvalue weighted by Crippen LogP contribution is -2.30. The Labute approximate surface area is 174 Å². The van der Waals surface area contributed by atoms with Gasteiger partial charge in [-0.15, -0.1) is 0 Å². The first-order valence-electron chi connectivity index (χ1n) is 9.33. The highest BCUT2D eigenvalue weighted by molar-refractivity contribution is 7.89. The number of carbonyl (C=O) groups excluding carboxylic acids is 1. The molecule has 0 saturated carbocycles. The number of rotatable bonds is 8. The third kappa shape index (κ3) is 4.74. The van der Waals surface area contributed by atoms with Gasteiger partial charge in [-0.2, -0.15) is 4.31 Å². The maximum Gasteiger partial charge on any atom is 0.338 e. The van der Waals surface area contributed by atoms with Crippen molar-refractivity contribution >= 4 is 16.0 Å². The predicted molar refractivity (Wildman–Crippen MR) is 108 cm³/mol. The van der Waals surface area contributed by atoms with Crippen LogP contribution in [0.25, 0.3) is 11.3 Å². The fourth-order valence-corrected chi connectivity index (χ4v) is 4.34. The minimum atomic E-state index is -3.69. The summed E-state index contributed by atoms with van der Waals surface area (Å²) in [5.74, 6) is -0.492. The number of aromatic nitrogens is 1. The molecule has 30 heavy (non-hydrogen) atoms. The fourth-order valence-electron chi connectivity index (χ4n) is 2.83. The van der Waals surface area contributed by atoms with Gasteiger partial charge in [0.15, 0.2) is 12.4 Å². The molecule has 0 aliphatic carbocycles. The molecule has 2 aromatic carbocycles. The highest BCUT2D eigenvalue weighted by Gasteiger charge is 2.23. The lowest BCUT2D eigenvalue weighted by Gasteiger charge is -2.18. The second kappa shape index (κ2) is 9.19. The Balaban J connectivity index is 1.69. The molecule has 0 bridgehead atoms. The molecule has 0 aliphatic heterocycles. The standard InChI is InChI=1S/C21H21FN2O5S/c1-3-24(4-2)30(26,27)18-7-5-6-16(12-18)21(25)28-14-20-23-13-19(29-20)15-8-10-17(22)11-9-15/h5-13H,3-4,14H2,1-2H3. The number of oxazole rings is 1. The second-order valence-corrected chi connectivity index (χ2v) is 8.26. The Bertz CT molecular complexity index is 1120. The van der Waals surface area contributed by atoms with E-state index < -0.39 is 16.0 Å². The molecule has 1 heterocycles. The summed E-state index contributed by atoms with van der Waals surface area (Å²) in [5, 5.41) is 0. The molecule has 0 saturated heterocycles. The molecule has 3 rings (SSSR count). The lowest BCUT2D eigenvalue weighted by atomic mass is 10.2. The Kier molecular flexibility index (Phi) is 6.63. The molecule has 158 valence electrons. The zero-order valence-electron chi connectivity index (χ0n) is 16.5. The molecule has 0 amide bonds. The predicted octanol–water partition coefficient (Wildman–Crippen LogP) is 3.87. The van der Waals surface area contributed by atoms with Gasteiger partial charge in [0, 0.05) is 18.7 Å². The molecule has 0 atom stereocenters. The summed E-state index contributed by atoms with van der Waals surface area (Å²) in [6.45, 7) is 3.92. The van der Waals surface area contributed by atoms with Crippen LogP contribution < -0.4 is 0 Å². The maximum atomic E-state index is 13.0. The fraction of sp³-hybridized carbons (Fsp3) is 0.238. The number of ether oxygens (including phenoxy) is 1. The number of carbonyl (C=O) groups is 1. The van der Waals surface area contributed by atoms with E-state index in [4.69, 9.17) is 9.15 Å². The van der Waals surface area contributed by atoms with Gasteiger partial charge in [0.25, 0.3) is 0 Å². The second-order valence-electron chi connectivity index (χ2n) is 6.32. The Morgan fingerprint density at radius 2 is 1.83 bits per heavy atom. The number of hydrogen-bond acceptors (Lipinski definition) is 6. The van der Waals surface area contributed by atoms with E-state index in [0.29, 0.717) is 24.4 Å². The first kappa shape index (κ1) is 21.7. The third-order valence-corrected chi connectivity index (χ3v) is 6.47. The molecule has 0 fully saturated rings. The van der Waals surface area contributed by atoms with Gasteiger partial charge < -0.3 is 9.15 Å². The van der Waals surface area contributed by atoms with Crippen molar-refractivity contribution in [3.05, 3.63) is 72.0 Å². The average molecular weight is 432 g/mol. The van der Waals surface area contributed by atoms with Gasteiger partial charge in [-0.25, -0.2) is 22.6 Å². The van der Waals surface area contributed by atoms with E-state index in [2.05, 4.69) is 4.98 Å². The molecule has 0 aliphatic rings. The third-order valence-electron chi connectivity index (χ3n) is 4.42. The zero-order valence-corrected chi connectivity index (χ0v) is 17.4. The van der Waals surface area contributed by atoms with E-state index in [1.54, 1.807) is 26.0 Å². The molecule has 9 heteroatoms. The first-order valence-corrected chi connectivity index (χ1v) is 10.8. The summed E-state index contributed by atoms with van der Waals surface area (Å²) >= 11 is 0. The summed E-state index contributed by atoms with van der Waals surface area (Å²) in [6, 6.07) is 11.4. The number of sulfonamides is 1. The highest BCUT2D eigenvalue weighted by Crippen LogP contribution is 2.22. The van der Waals surface area contributed by atoms with E-state index in [-0.39, 0.29) is 28.8 Å². The summed E-state index contributed by atoms with van der Waals surface area (Å²) < 4.78 is 50.3. The van der Waals surface area contributed by atoms with Gasteiger partial charge in [0.2, 0.25) is 15.9 Å². The van der Waals surface area contributed by atoms with Gasteiger partial charge in [-0.3, -0.25) is 0 Å². The van der Waals surface area contributed by atoms with Crippen LogP contribution in [-0.2, 0) is 21.4 Å². The molecular formula is C21H21FN2O5S. The van der Waals surface area contributed by atoms with Crippen molar-refractivity contribution in [1.29, 1.82) is 0 Å². The Morgan fingerprint density at radius 3 is 2.50 bits per heavy atom. The maximum absolute atomic E-state index is 13.0. The lowest BCUT2D eigenvalue weighted by molar-refractivity contribution is 0.0438. The minimum Gasteiger partial charge on any atom is -0.452 e. The van der Waals surface area contributed by atoms with Crippen LogP contribution in [0.2, 0.25) is 0 Å². The average Bonchev–Trinajstić information content (AvgIpc) is 3.22. The van der Waals surface area contributed by atoms with E-state index in [9.17, 15) is 17.6 Å². The molecule has 0 N–H and O–H groups in total. The highest BCUT2D eigenvalue weighted by atomic mass is 32.2. The van der Waals surface area contributed by atoms with Crippen LogP contribution in [0, 0.1) is 5.82 Å². The minimum absolute atomic E-state index is 0.0235. The van der Waals surface area contributed by atoms with Crippen molar-refractivity contribution in [2.45, 2.75) is 25.3 Å². The van der Waals surface area contributed by atoms with Gasteiger partial charge in [-0.1, -0.05) is 19.9 Å². The van der Waals surface area contributed by atoms with Crippen molar-refractivity contribution in [2.24, 2.45) is 0 Å². The van der Waals surface area contributed by atoms with Gasteiger partial charge in [0.05, 0.1) is 16.7 Å². The quantitative estimate of drug-likeness (QED) is 0.502. The number of hydrogen-bond donors (Lipinski definition) is 0. The summed E-state index contributed by atoms with van der Waals surface area (Å²) in [6.07, 6.45) is 1.45. The molecular weight excluding hydrogens is 411 g/mol.